The van der Waals surface area contributed by atoms with Crippen LogP contribution in [0.5, 0.6) is 5.75 Å². The van der Waals surface area contributed by atoms with E-state index in [2.05, 4.69) is 12.2 Å². The Morgan fingerprint density at radius 3 is 2.70 bits per heavy atom. The van der Waals surface area contributed by atoms with Gasteiger partial charge in [0.1, 0.15) is 11.3 Å². The van der Waals surface area contributed by atoms with E-state index < -0.39 is 12.1 Å². The number of aromatic hydroxyl groups is 1. The Morgan fingerprint density at radius 2 is 2.00 bits per heavy atom. The van der Waals surface area contributed by atoms with Crippen LogP contribution >= 0.6 is 0 Å². The summed E-state index contributed by atoms with van der Waals surface area (Å²) in [5.74, 6) is -0.641. The Balaban J connectivity index is 1.95. The molecule has 0 unspecified atom stereocenters. The number of carbonyl (C=O) groups excluding carboxylic acids is 2. The van der Waals surface area contributed by atoms with Crippen LogP contribution in [0.15, 0.2) is 18.2 Å². The molecule has 126 valence electrons. The van der Waals surface area contributed by atoms with Crippen molar-refractivity contribution in [2.45, 2.75) is 58.6 Å². The van der Waals surface area contributed by atoms with E-state index in [4.69, 9.17) is 4.74 Å². The Hall–Kier alpha value is -2.04. The lowest BCUT2D eigenvalue weighted by atomic mass is 9.86. The molecule has 2 rings (SSSR count). The summed E-state index contributed by atoms with van der Waals surface area (Å²) in [5, 5.41) is 12.9. The summed E-state index contributed by atoms with van der Waals surface area (Å²) in [4.78, 5) is 24.4. The fourth-order valence-electron chi connectivity index (χ4n) is 2.93. The van der Waals surface area contributed by atoms with Crippen LogP contribution in [0, 0.1) is 12.8 Å². The van der Waals surface area contributed by atoms with Crippen LogP contribution in [-0.2, 0) is 9.53 Å². The van der Waals surface area contributed by atoms with E-state index >= 15 is 0 Å². The van der Waals surface area contributed by atoms with Gasteiger partial charge in [0.05, 0.1) is 0 Å². The first-order valence-corrected chi connectivity index (χ1v) is 8.20. The molecule has 3 atom stereocenters. The minimum Gasteiger partial charge on any atom is -0.507 e. The SMILES string of the molecule is Cc1cccc(C(=O)O[C@@H](C)C(=O)N[C@@H]2CCCC[C@@H]2C)c1O. The number of hydrogen-bond donors (Lipinski definition) is 2. The van der Waals surface area contributed by atoms with Crippen molar-refractivity contribution < 1.29 is 19.4 Å². The van der Waals surface area contributed by atoms with Crippen molar-refractivity contribution >= 4 is 11.9 Å². The first-order valence-electron chi connectivity index (χ1n) is 8.20. The van der Waals surface area contributed by atoms with E-state index in [9.17, 15) is 14.7 Å². The van der Waals surface area contributed by atoms with Crippen LogP contribution < -0.4 is 5.32 Å². The monoisotopic (exact) mass is 319 g/mol. The molecule has 2 N–H and O–H groups in total. The minimum absolute atomic E-state index is 0.0793. The molecule has 1 aromatic carbocycles. The van der Waals surface area contributed by atoms with Crippen LogP contribution in [0.1, 0.15) is 55.5 Å². The van der Waals surface area contributed by atoms with Gasteiger partial charge >= 0.3 is 5.97 Å². The molecule has 0 bridgehead atoms. The zero-order valence-electron chi connectivity index (χ0n) is 14.0. The fourth-order valence-corrected chi connectivity index (χ4v) is 2.93. The van der Waals surface area contributed by atoms with Crippen LogP contribution in [0.3, 0.4) is 0 Å². The lowest BCUT2D eigenvalue weighted by Gasteiger charge is -2.30. The molecule has 5 nitrogen and oxygen atoms in total. The van der Waals surface area contributed by atoms with Gasteiger partial charge in [0.2, 0.25) is 0 Å². The normalized spacial score (nSPS) is 22.2. The summed E-state index contributed by atoms with van der Waals surface area (Å²) >= 11 is 0. The Labute approximate surface area is 137 Å². The predicted octanol–water partition coefficient (Wildman–Crippen LogP) is 2.94. The molecule has 1 amide bonds. The quantitative estimate of drug-likeness (QED) is 0.837. The number of carbonyl (C=O) groups is 2. The molecule has 0 heterocycles. The third-order valence-electron chi connectivity index (χ3n) is 4.55. The van der Waals surface area contributed by atoms with Crippen molar-refractivity contribution in [2.75, 3.05) is 0 Å². The molecule has 0 saturated heterocycles. The zero-order valence-corrected chi connectivity index (χ0v) is 14.0. The van der Waals surface area contributed by atoms with E-state index in [1.807, 2.05) is 0 Å². The molecular weight excluding hydrogens is 294 g/mol. The fraction of sp³-hybridized carbons (Fsp3) is 0.556. The summed E-state index contributed by atoms with van der Waals surface area (Å²) in [6, 6.07) is 5.00. The highest BCUT2D eigenvalue weighted by Crippen LogP contribution is 2.24. The van der Waals surface area contributed by atoms with Crippen molar-refractivity contribution in [1.29, 1.82) is 0 Å². The van der Waals surface area contributed by atoms with Gasteiger partial charge in [0, 0.05) is 6.04 Å². The van der Waals surface area contributed by atoms with Gasteiger partial charge in [-0.25, -0.2) is 4.79 Å². The maximum atomic E-state index is 12.2. The standard InChI is InChI=1S/C18H25NO4/c1-11-7-4-5-10-15(11)19-17(21)13(3)23-18(22)14-9-6-8-12(2)16(14)20/h6,8-9,11,13,15,20H,4-5,7,10H2,1-3H3,(H,19,21)/t11-,13-,15+/m0/s1. The van der Waals surface area contributed by atoms with Gasteiger partial charge in [-0.2, -0.15) is 0 Å². The van der Waals surface area contributed by atoms with Crippen LogP contribution in [-0.4, -0.2) is 29.1 Å². The maximum Gasteiger partial charge on any atom is 0.342 e. The van der Waals surface area contributed by atoms with Crippen LogP contribution in [0.25, 0.3) is 0 Å². The molecule has 0 aliphatic heterocycles. The van der Waals surface area contributed by atoms with E-state index in [0.29, 0.717) is 11.5 Å². The van der Waals surface area contributed by atoms with Crippen molar-refractivity contribution in [1.82, 2.24) is 5.32 Å². The number of phenols is 1. The lowest BCUT2D eigenvalue weighted by Crippen LogP contribution is -2.46. The smallest absolute Gasteiger partial charge is 0.342 e. The second kappa shape index (κ2) is 7.49. The number of phenolic OH excluding ortho intramolecular Hbond substituents is 1. The molecule has 1 saturated carbocycles. The van der Waals surface area contributed by atoms with E-state index in [-0.39, 0.29) is 23.3 Å². The molecule has 1 aliphatic rings. The Kier molecular flexibility index (Phi) is 5.64. The number of benzene rings is 1. The number of aryl methyl sites for hydroxylation is 1. The van der Waals surface area contributed by atoms with Gasteiger partial charge in [0.15, 0.2) is 6.10 Å². The summed E-state index contributed by atoms with van der Waals surface area (Å²) in [7, 11) is 0. The minimum atomic E-state index is -0.892. The maximum absolute atomic E-state index is 12.2. The summed E-state index contributed by atoms with van der Waals surface area (Å²) < 4.78 is 5.20. The molecular formula is C18H25NO4. The molecule has 0 aromatic heterocycles. The second-order valence-electron chi connectivity index (χ2n) is 6.40. The average molecular weight is 319 g/mol. The third-order valence-corrected chi connectivity index (χ3v) is 4.55. The Bertz CT molecular complexity index is 584. The highest BCUT2D eigenvalue weighted by molar-refractivity contribution is 5.94. The number of esters is 1. The molecule has 0 spiro atoms. The van der Waals surface area contributed by atoms with E-state index in [1.54, 1.807) is 26.0 Å². The number of rotatable bonds is 4. The van der Waals surface area contributed by atoms with Gasteiger partial charge in [-0.05, 0) is 44.2 Å². The van der Waals surface area contributed by atoms with Crippen molar-refractivity contribution in [3.8, 4) is 5.75 Å². The number of nitrogens with one attached hydrogen (secondary N) is 1. The first-order chi connectivity index (χ1) is 10.9. The lowest BCUT2D eigenvalue weighted by molar-refractivity contribution is -0.130. The van der Waals surface area contributed by atoms with Gasteiger partial charge in [-0.3, -0.25) is 4.79 Å². The largest absolute Gasteiger partial charge is 0.507 e. The second-order valence-corrected chi connectivity index (χ2v) is 6.40. The summed E-state index contributed by atoms with van der Waals surface area (Å²) in [5.41, 5.74) is 0.670. The molecule has 5 heteroatoms. The Morgan fingerprint density at radius 1 is 1.30 bits per heavy atom. The summed E-state index contributed by atoms with van der Waals surface area (Å²) in [6.07, 6.45) is 3.49. The number of hydrogen-bond acceptors (Lipinski definition) is 4. The predicted molar refractivity (Wildman–Crippen MR) is 87.3 cm³/mol. The number of ether oxygens (including phenoxy) is 1. The molecule has 1 aliphatic carbocycles. The number of para-hydroxylation sites is 1. The van der Waals surface area contributed by atoms with Gasteiger partial charge in [-0.1, -0.05) is 31.9 Å². The topological polar surface area (TPSA) is 75.6 Å². The molecule has 0 radical (unpaired) electrons. The zero-order chi connectivity index (χ0) is 17.0. The third kappa shape index (κ3) is 4.24. The van der Waals surface area contributed by atoms with Crippen molar-refractivity contribution in [3.05, 3.63) is 29.3 Å². The van der Waals surface area contributed by atoms with Crippen LogP contribution in [0.4, 0.5) is 0 Å². The van der Waals surface area contributed by atoms with Gasteiger partial charge in [-0.15, -0.1) is 0 Å². The molecule has 1 fully saturated rings. The van der Waals surface area contributed by atoms with E-state index in [0.717, 1.165) is 19.3 Å². The first kappa shape index (κ1) is 17.3. The van der Waals surface area contributed by atoms with Crippen molar-refractivity contribution in [2.24, 2.45) is 5.92 Å². The number of amides is 1. The van der Waals surface area contributed by atoms with Crippen LogP contribution in [0.2, 0.25) is 0 Å². The van der Waals surface area contributed by atoms with Crippen molar-refractivity contribution in [3.63, 3.8) is 0 Å². The average Bonchev–Trinajstić information content (AvgIpc) is 2.52. The summed E-state index contributed by atoms with van der Waals surface area (Å²) in [6.45, 7) is 5.38. The highest BCUT2D eigenvalue weighted by Gasteiger charge is 2.27. The van der Waals surface area contributed by atoms with Gasteiger partial charge in [0.25, 0.3) is 5.91 Å². The van der Waals surface area contributed by atoms with Gasteiger partial charge < -0.3 is 15.2 Å². The highest BCUT2D eigenvalue weighted by atomic mass is 16.5. The molecule has 1 aromatic rings. The van der Waals surface area contributed by atoms with E-state index in [1.165, 1.54) is 12.5 Å². The molecule has 23 heavy (non-hydrogen) atoms.